The van der Waals surface area contributed by atoms with Crippen LogP contribution in [-0.2, 0) is 10.0 Å². The van der Waals surface area contributed by atoms with Crippen LogP contribution in [0.25, 0.3) is 0 Å². The first kappa shape index (κ1) is 23.1. The zero-order chi connectivity index (χ0) is 21.9. The lowest BCUT2D eigenvalue weighted by Crippen LogP contribution is -2.34. The van der Waals surface area contributed by atoms with Crippen LogP contribution in [0, 0.1) is 0 Å². The number of thiophene rings is 2. The van der Waals surface area contributed by atoms with Gasteiger partial charge in [0.15, 0.2) is 0 Å². The predicted molar refractivity (Wildman–Crippen MR) is 125 cm³/mol. The number of amides is 1. The smallest absolute Gasteiger partial charge is 0.264 e. The van der Waals surface area contributed by atoms with E-state index in [4.69, 9.17) is 23.2 Å². The molecule has 0 fully saturated rings. The molecule has 0 saturated heterocycles. The van der Waals surface area contributed by atoms with Crippen LogP contribution >= 0.6 is 45.9 Å². The largest absolute Gasteiger partial charge is 0.350 e. The molecule has 11 heteroatoms. The van der Waals surface area contributed by atoms with Crippen LogP contribution in [0.15, 0.2) is 52.7 Å². The van der Waals surface area contributed by atoms with Gasteiger partial charge in [0.05, 0.1) is 10.4 Å². The van der Waals surface area contributed by atoms with E-state index < -0.39 is 10.0 Å². The highest BCUT2D eigenvalue weighted by Crippen LogP contribution is 2.35. The molecule has 0 aliphatic rings. The molecular formula is C19H19Cl2N3O3S3. The SMILES string of the molecule is CN(C)C(CNC(=O)c1ccc(NS(=O)(=O)c2cc(Cl)sc2Cl)cc1)c1cccs1. The van der Waals surface area contributed by atoms with Gasteiger partial charge in [-0.3, -0.25) is 9.52 Å². The van der Waals surface area contributed by atoms with Gasteiger partial charge in [-0.15, -0.1) is 22.7 Å². The second-order valence-corrected chi connectivity index (χ2v) is 11.5. The molecule has 0 radical (unpaired) electrons. The topological polar surface area (TPSA) is 78.5 Å². The number of nitrogens with zero attached hydrogens (tertiary/aromatic N) is 1. The molecule has 2 N–H and O–H groups in total. The molecule has 2 heterocycles. The molecule has 3 aromatic rings. The van der Waals surface area contributed by atoms with Crippen molar-refractivity contribution in [1.82, 2.24) is 10.2 Å². The van der Waals surface area contributed by atoms with E-state index in [-0.39, 0.29) is 25.5 Å². The van der Waals surface area contributed by atoms with Gasteiger partial charge in [0.1, 0.15) is 9.23 Å². The van der Waals surface area contributed by atoms with Crippen LogP contribution < -0.4 is 10.0 Å². The number of rotatable bonds is 8. The summed E-state index contributed by atoms with van der Waals surface area (Å²) >= 11 is 14.4. The first-order chi connectivity index (χ1) is 14.2. The Hall–Kier alpha value is -1.62. The molecule has 0 saturated carbocycles. The average Bonchev–Trinajstić information content (AvgIpc) is 3.31. The Labute approximate surface area is 193 Å². The minimum Gasteiger partial charge on any atom is -0.350 e. The van der Waals surface area contributed by atoms with Gasteiger partial charge in [-0.1, -0.05) is 29.3 Å². The van der Waals surface area contributed by atoms with Crippen LogP contribution in [0.3, 0.4) is 0 Å². The summed E-state index contributed by atoms with van der Waals surface area (Å²) < 4.78 is 27.8. The maximum Gasteiger partial charge on any atom is 0.264 e. The van der Waals surface area contributed by atoms with Crippen LogP contribution in [0.1, 0.15) is 21.3 Å². The number of hydrogen-bond acceptors (Lipinski definition) is 6. The molecule has 1 amide bonds. The third-order valence-electron chi connectivity index (χ3n) is 4.27. The fourth-order valence-electron chi connectivity index (χ4n) is 2.72. The van der Waals surface area contributed by atoms with Crippen LogP contribution in [0.4, 0.5) is 5.69 Å². The number of carbonyl (C=O) groups is 1. The van der Waals surface area contributed by atoms with Gasteiger partial charge in [-0.2, -0.15) is 0 Å². The number of hydrogen-bond donors (Lipinski definition) is 2. The summed E-state index contributed by atoms with van der Waals surface area (Å²) in [5, 5.41) is 4.93. The second-order valence-electron chi connectivity index (χ2n) is 6.58. The van der Waals surface area contributed by atoms with E-state index in [0.29, 0.717) is 17.8 Å². The van der Waals surface area contributed by atoms with E-state index in [1.165, 1.54) is 18.2 Å². The summed E-state index contributed by atoms with van der Waals surface area (Å²) in [6, 6.07) is 11.6. The summed E-state index contributed by atoms with van der Waals surface area (Å²) in [5.74, 6) is -0.236. The lowest BCUT2D eigenvalue weighted by molar-refractivity contribution is 0.0942. The quantitative estimate of drug-likeness (QED) is 0.455. The molecule has 160 valence electrons. The molecule has 30 heavy (non-hydrogen) atoms. The molecule has 2 aromatic heterocycles. The number of carbonyl (C=O) groups excluding carboxylic acids is 1. The average molecular weight is 504 g/mol. The monoisotopic (exact) mass is 503 g/mol. The maximum absolute atomic E-state index is 12.5. The zero-order valence-electron chi connectivity index (χ0n) is 16.1. The van der Waals surface area contributed by atoms with Crippen molar-refractivity contribution in [3.05, 3.63) is 67.0 Å². The van der Waals surface area contributed by atoms with Crippen molar-refractivity contribution in [1.29, 1.82) is 0 Å². The molecule has 0 spiro atoms. The third kappa shape index (κ3) is 5.54. The number of nitrogens with one attached hydrogen (secondary N) is 2. The van der Waals surface area contributed by atoms with Gasteiger partial charge in [-0.25, -0.2) is 8.42 Å². The van der Waals surface area contributed by atoms with Gasteiger partial charge in [0, 0.05) is 22.7 Å². The second kappa shape index (κ2) is 9.67. The fourth-order valence-corrected chi connectivity index (χ4v) is 6.85. The molecular weight excluding hydrogens is 485 g/mol. The zero-order valence-corrected chi connectivity index (χ0v) is 20.0. The summed E-state index contributed by atoms with van der Waals surface area (Å²) in [6.45, 7) is 0.456. The van der Waals surface area contributed by atoms with Gasteiger partial charge in [-0.05, 0) is 55.9 Å². The molecule has 1 aromatic carbocycles. The Balaban J connectivity index is 1.65. The molecule has 6 nitrogen and oxygen atoms in total. The van der Waals surface area contributed by atoms with Crippen molar-refractivity contribution >= 4 is 67.5 Å². The fraction of sp³-hybridized carbons (Fsp3) is 0.211. The van der Waals surface area contributed by atoms with E-state index in [1.54, 1.807) is 23.5 Å². The standard InChI is InChI=1S/C19H19Cl2N3O3S3/c1-24(2)14(15-4-3-9-28-15)11-22-19(25)12-5-7-13(8-6-12)23-30(26,27)16-10-17(20)29-18(16)21/h3-10,14,23H,11H2,1-2H3,(H,22,25). The van der Waals surface area contributed by atoms with Crippen LogP contribution in [-0.4, -0.2) is 39.9 Å². The minimum atomic E-state index is -3.87. The van der Waals surface area contributed by atoms with Gasteiger partial charge in [0.25, 0.3) is 15.9 Å². The Morgan fingerprint density at radius 2 is 1.87 bits per heavy atom. The summed E-state index contributed by atoms with van der Waals surface area (Å²) in [5.41, 5.74) is 0.743. The molecule has 1 atom stereocenters. The van der Waals surface area contributed by atoms with Crippen molar-refractivity contribution < 1.29 is 13.2 Å². The Bertz CT molecular complexity index is 1110. The van der Waals surface area contributed by atoms with E-state index in [0.717, 1.165) is 16.2 Å². The number of sulfonamides is 1. The molecule has 0 aliphatic carbocycles. The Kier molecular flexibility index (Phi) is 7.43. The van der Waals surface area contributed by atoms with Crippen molar-refractivity contribution in [3.8, 4) is 0 Å². The Morgan fingerprint density at radius 1 is 1.17 bits per heavy atom. The normalized spacial score (nSPS) is 12.7. The van der Waals surface area contributed by atoms with Crippen LogP contribution in [0.2, 0.25) is 8.67 Å². The van der Waals surface area contributed by atoms with Crippen molar-refractivity contribution in [3.63, 3.8) is 0 Å². The van der Waals surface area contributed by atoms with E-state index in [2.05, 4.69) is 10.0 Å². The van der Waals surface area contributed by atoms with Gasteiger partial charge in [0.2, 0.25) is 0 Å². The highest BCUT2D eigenvalue weighted by molar-refractivity contribution is 7.93. The lowest BCUT2D eigenvalue weighted by atomic mass is 10.1. The van der Waals surface area contributed by atoms with Gasteiger partial charge < -0.3 is 10.2 Å². The maximum atomic E-state index is 12.5. The van der Waals surface area contributed by atoms with E-state index in [1.807, 2.05) is 36.5 Å². The van der Waals surface area contributed by atoms with E-state index in [9.17, 15) is 13.2 Å². The number of likely N-dealkylation sites (N-methyl/N-ethyl adjacent to an activating group) is 1. The third-order valence-corrected chi connectivity index (χ3v) is 8.37. The number of halogens is 2. The number of anilines is 1. The first-order valence-electron chi connectivity index (χ1n) is 8.73. The molecule has 1 unspecified atom stereocenters. The summed E-state index contributed by atoms with van der Waals surface area (Å²) in [4.78, 5) is 15.6. The summed E-state index contributed by atoms with van der Waals surface area (Å²) in [6.07, 6.45) is 0. The van der Waals surface area contributed by atoms with Crippen molar-refractivity contribution in [2.75, 3.05) is 25.4 Å². The molecule has 0 bridgehead atoms. The molecule has 0 aliphatic heterocycles. The van der Waals surface area contributed by atoms with Gasteiger partial charge >= 0.3 is 0 Å². The van der Waals surface area contributed by atoms with E-state index >= 15 is 0 Å². The number of benzene rings is 1. The van der Waals surface area contributed by atoms with Crippen LogP contribution in [0.5, 0.6) is 0 Å². The highest BCUT2D eigenvalue weighted by Gasteiger charge is 2.21. The summed E-state index contributed by atoms with van der Waals surface area (Å²) in [7, 11) is 0.0521. The van der Waals surface area contributed by atoms with Crippen molar-refractivity contribution in [2.24, 2.45) is 0 Å². The first-order valence-corrected chi connectivity index (χ1v) is 12.7. The predicted octanol–water partition coefficient (Wildman–Crippen LogP) is 4.95. The Morgan fingerprint density at radius 3 is 2.40 bits per heavy atom. The highest BCUT2D eigenvalue weighted by atomic mass is 35.5. The minimum absolute atomic E-state index is 0.0715. The lowest BCUT2D eigenvalue weighted by Gasteiger charge is -2.23. The molecule has 3 rings (SSSR count). The van der Waals surface area contributed by atoms with Crippen molar-refractivity contribution in [2.45, 2.75) is 10.9 Å².